The minimum atomic E-state index is -3.74. The second kappa shape index (κ2) is 4.43. The van der Waals surface area contributed by atoms with Crippen molar-refractivity contribution in [2.24, 2.45) is 0 Å². The molecule has 0 heterocycles. The van der Waals surface area contributed by atoms with Gasteiger partial charge >= 0.3 is 10.4 Å². The van der Waals surface area contributed by atoms with Gasteiger partial charge < -0.3 is 0 Å². The Bertz CT molecular complexity index is 182. The van der Waals surface area contributed by atoms with Crippen LogP contribution in [0.5, 0.6) is 0 Å². The third-order valence-electron chi connectivity index (χ3n) is 0.754. The van der Waals surface area contributed by atoms with Crippen molar-refractivity contribution in [1.29, 1.82) is 0 Å². The summed E-state index contributed by atoms with van der Waals surface area (Å²) in [4.78, 5) is 0. The van der Waals surface area contributed by atoms with Crippen molar-refractivity contribution >= 4 is 10.4 Å². The van der Waals surface area contributed by atoms with Crippen LogP contribution in [0.3, 0.4) is 0 Å². The number of hydrogen-bond acceptors (Lipinski definition) is 4. The van der Waals surface area contributed by atoms with Crippen molar-refractivity contribution in [3.05, 3.63) is 12.7 Å². The zero-order valence-electron chi connectivity index (χ0n) is 5.74. The lowest BCUT2D eigenvalue weighted by Gasteiger charge is -1.98. The van der Waals surface area contributed by atoms with E-state index < -0.39 is 10.4 Å². The van der Waals surface area contributed by atoms with E-state index in [1.807, 2.05) is 0 Å². The normalized spacial score (nSPS) is 11.3. The molecule has 60 valence electrons. The van der Waals surface area contributed by atoms with E-state index in [0.717, 1.165) is 7.11 Å². The SMILES string of the molecule is C=CCCOS(=O)(=O)OC. The van der Waals surface area contributed by atoms with Gasteiger partial charge in [0.15, 0.2) is 0 Å². The highest BCUT2D eigenvalue weighted by molar-refractivity contribution is 7.81. The van der Waals surface area contributed by atoms with Gasteiger partial charge in [-0.2, -0.15) is 8.42 Å². The van der Waals surface area contributed by atoms with E-state index >= 15 is 0 Å². The van der Waals surface area contributed by atoms with Crippen LogP contribution in [0, 0.1) is 0 Å². The van der Waals surface area contributed by atoms with Gasteiger partial charge in [-0.25, -0.2) is 4.18 Å². The maximum Gasteiger partial charge on any atom is 0.399 e. The van der Waals surface area contributed by atoms with Crippen LogP contribution in [0.2, 0.25) is 0 Å². The molecule has 0 radical (unpaired) electrons. The van der Waals surface area contributed by atoms with Gasteiger partial charge in [-0.05, 0) is 6.42 Å². The second-order valence-corrected chi connectivity index (χ2v) is 2.86. The molecule has 0 aliphatic heterocycles. The topological polar surface area (TPSA) is 52.6 Å². The maximum absolute atomic E-state index is 10.4. The van der Waals surface area contributed by atoms with Crippen molar-refractivity contribution in [3.8, 4) is 0 Å². The zero-order valence-corrected chi connectivity index (χ0v) is 6.56. The molecule has 0 atom stereocenters. The lowest BCUT2D eigenvalue weighted by Crippen LogP contribution is -2.07. The lowest BCUT2D eigenvalue weighted by molar-refractivity contribution is 0.247. The molecule has 0 saturated heterocycles. The van der Waals surface area contributed by atoms with E-state index in [0.29, 0.717) is 6.42 Å². The van der Waals surface area contributed by atoms with E-state index in [4.69, 9.17) is 0 Å². The molecule has 0 N–H and O–H groups in total. The molecule has 0 aromatic carbocycles. The Hall–Kier alpha value is -0.390. The Morgan fingerprint density at radius 2 is 2.20 bits per heavy atom. The fourth-order valence-electron chi connectivity index (χ4n) is 0.282. The summed E-state index contributed by atoms with van der Waals surface area (Å²) >= 11 is 0. The van der Waals surface area contributed by atoms with Gasteiger partial charge in [0.05, 0.1) is 13.7 Å². The summed E-state index contributed by atoms with van der Waals surface area (Å²) in [6.07, 6.45) is 2.05. The Balaban J connectivity index is 3.58. The molecular formula is C5H10O4S. The summed E-state index contributed by atoms with van der Waals surface area (Å²) in [7, 11) is -2.69. The van der Waals surface area contributed by atoms with Crippen molar-refractivity contribution in [3.63, 3.8) is 0 Å². The molecule has 0 aliphatic rings. The van der Waals surface area contributed by atoms with Crippen molar-refractivity contribution in [2.45, 2.75) is 6.42 Å². The van der Waals surface area contributed by atoms with Crippen LogP contribution < -0.4 is 0 Å². The average Bonchev–Trinajstić information content (AvgIpc) is 1.89. The predicted octanol–water partition coefficient (Wildman–Crippen LogP) is 0.470. The molecule has 0 aliphatic carbocycles. The smallest absolute Gasteiger partial charge is 0.252 e. The van der Waals surface area contributed by atoms with Crippen LogP contribution >= 0.6 is 0 Å². The molecule has 0 aromatic heterocycles. The van der Waals surface area contributed by atoms with Gasteiger partial charge in [-0.3, -0.25) is 4.18 Å². The molecule has 0 bridgehead atoms. The molecule has 0 unspecified atom stereocenters. The van der Waals surface area contributed by atoms with Gasteiger partial charge in [-0.1, -0.05) is 6.08 Å². The van der Waals surface area contributed by atoms with Crippen LogP contribution in [0.1, 0.15) is 6.42 Å². The van der Waals surface area contributed by atoms with Crippen LogP contribution in [0.4, 0.5) is 0 Å². The quantitative estimate of drug-likeness (QED) is 0.440. The van der Waals surface area contributed by atoms with Gasteiger partial charge in [0.1, 0.15) is 0 Å². The van der Waals surface area contributed by atoms with Gasteiger partial charge in [0, 0.05) is 0 Å². The molecule has 0 saturated carbocycles. The summed E-state index contributed by atoms with van der Waals surface area (Å²) in [5.41, 5.74) is 0. The molecule has 10 heavy (non-hydrogen) atoms. The first-order valence-corrected chi connectivity index (χ1v) is 4.01. The summed E-state index contributed by atoms with van der Waals surface area (Å²) < 4.78 is 29.1. The van der Waals surface area contributed by atoms with Crippen LogP contribution in [-0.4, -0.2) is 22.1 Å². The third kappa shape index (κ3) is 4.49. The molecular weight excluding hydrogens is 156 g/mol. The Morgan fingerprint density at radius 3 is 2.60 bits per heavy atom. The van der Waals surface area contributed by atoms with E-state index in [1.165, 1.54) is 0 Å². The Morgan fingerprint density at radius 1 is 1.60 bits per heavy atom. The Kier molecular flexibility index (Phi) is 4.26. The van der Waals surface area contributed by atoms with Gasteiger partial charge in [-0.15, -0.1) is 6.58 Å². The van der Waals surface area contributed by atoms with E-state index in [2.05, 4.69) is 14.9 Å². The lowest BCUT2D eigenvalue weighted by atomic mass is 10.5. The molecule has 4 nitrogen and oxygen atoms in total. The highest BCUT2D eigenvalue weighted by Gasteiger charge is 2.06. The van der Waals surface area contributed by atoms with Crippen LogP contribution in [-0.2, 0) is 18.8 Å². The maximum atomic E-state index is 10.4. The van der Waals surface area contributed by atoms with Crippen LogP contribution in [0.15, 0.2) is 12.7 Å². The monoisotopic (exact) mass is 166 g/mol. The van der Waals surface area contributed by atoms with Gasteiger partial charge in [0.2, 0.25) is 0 Å². The largest absolute Gasteiger partial charge is 0.399 e. The van der Waals surface area contributed by atoms with Crippen molar-refractivity contribution in [2.75, 3.05) is 13.7 Å². The summed E-state index contributed by atoms with van der Waals surface area (Å²) in [6, 6.07) is 0. The third-order valence-corrected chi connectivity index (χ3v) is 1.62. The van der Waals surface area contributed by atoms with Crippen LogP contribution in [0.25, 0.3) is 0 Å². The fraction of sp³-hybridized carbons (Fsp3) is 0.600. The molecule has 0 aromatic rings. The highest BCUT2D eigenvalue weighted by Crippen LogP contribution is 1.94. The summed E-state index contributed by atoms with van der Waals surface area (Å²) in [5.74, 6) is 0. The standard InChI is InChI=1S/C5H10O4S/c1-3-4-5-9-10(6,7)8-2/h3H,1,4-5H2,2H3. The fourth-order valence-corrected chi connectivity index (χ4v) is 0.678. The zero-order chi connectivity index (χ0) is 8.04. The van der Waals surface area contributed by atoms with E-state index in [-0.39, 0.29) is 6.61 Å². The highest BCUT2D eigenvalue weighted by atomic mass is 32.3. The molecule has 0 rings (SSSR count). The summed E-state index contributed by atoms with van der Waals surface area (Å²) in [6.45, 7) is 3.47. The van der Waals surface area contributed by atoms with Gasteiger partial charge in [0.25, 0.3) is 0 Å². The first-order chi connectivity index (χ1) is 4.62. The van der Waals surface area contributed by atoms with Crippen molar-refractivity contribution in [1.82, 2.24) is 0 Å². The van der Waals surface area contributed by atoms with E-state index in [1.54, 1.807) is 6.08 Å². The molecule has 5 heteroatoms. The molecule has 0 amide bonds. The average molecular weight is 166 g/mol. The Labute approximate surface area is 60.8 Å². The predicted molar refractivity (Wildman–Crippen MR) is 36.7 cm³/mol. The second-order valence-electron chi connectivity index (χ2n) is 1.47. The first-order valence-electron chi connectivity index (χ1n) is 2.68. The molecule has 0 spiro atoms. The van der Waals surface area contributed by atoms with Crippen molar-refractivity contribution < 1.29 is 16.8 Å². The van der Waals surface area contributed by atoms with E-state index in [9.17, 15) is 8.42 Å². The first kappa shape index (κ1) is 9.61. The number of rotatable bonds is 5. The summed E-state index contributed by atoms with van der Waals surface area (Å²) in [5, 5.41) is 0. The minimum Gasteiger partial charge on any atom is -0.252 e. The molecule has 0 fully saturated rings. The number of hydrogen-bond donors (Lipinski definition) is 0. The minimum absolute atomic E-state index is 0.0830.